The van der Waals surface area contributed by atoms with Crippen molar-refractivity contribution >= 4 is 21.7 Å². The molecule has 0 fully saturated rings. The fraction of sp³-hybridized carbons (Fsp3) is 0.188. The van der Waals surface area contributed by atoms with E-state index in [1.807, 2.05) is 19.9 Å². The van der Waals surface area contributed by atoms with Gasteiger partial charge < -0.3 is 4.74 Å². The molecule has 0 saturated heterocycles. The number of ketones is 1. The molecule has 0 unspecified atom stereocenters. The molecular weight excluding hydrogens is 323 g/mol. The van der Waals surface area contributed by atoms with Crippen LogP contribution >= 0.6 is 15.9 Å². The van der Waals surface area contributed by atoms with Gasteiger partial charge in [0, 0.05) is 5.56 Å². The largest absolute Gasteiger partial charge is 0.493 e. The summed E-state index contributed by atoms with van der Waals surface area (Å²) in [6.45, 7) is 4.26. The molecule has 4 heteroatoms. The maximum absolute atomic E-state index is 13.2. The van der Waals surface area contributed by atoms with Crippen molar-refractivity contribution in [2.45, 2.75) is 13.8 Å². The predicted octanol–water partition coefficient (Wildman–Crippen LogP) is 4.53. The van der Waals surface area contributed by atoms with Crippen molar-refractivity contribution in [1.29, 1.82) is 0 Å². The van der Waals surface area contributed by atoms with Crippen molar-refractivity contribution in [2.24, 2.45) is 0 Å². The highest BCUT2D eigenvalue weighted by Gasteiger charge is 2.16. The van der Waals surface area contributed by atoms with E-state index in [-0.39, 0.29) is 10.3 Å². The minimum atomic E-state index is -0.393. The summed E-state index contributed by atoms with van der Waals surface area (Å²) in [5, 5.41) is 0. The standard InChI is InChI=1S/C16H14BrFO2/c1-3-20-15-7-4-10(2)8-12(15)16(19)11-5-6-14(18)13(17)9-11/h4-9H,3H2,1-2H3. The number of rotatable bonds is 4. The first-order valence-corrected chi connectivity index (χ1v) is 7.05. The Kier molecular flexibility index (Phi) is 4.55. The zero-order valence-electron chi connectivity index (χ0n) is 11.2. The number of carbonyl (C=O) groups is 1. The molecule has 0 radical (unpaired) electrons. The fourth-order valence-corrected chi connectivity index (χ4v) is 2.27. The van der Waals surface area contributed by atoms with Crippen LogP contribution in [0.15, 0.2) is 40.9 Å². The van der Waals surface area contributed by atoms with Gasteiger partial charge in [0.2, 0.25) is 0 Å². The van der Waals surface area contributed by atoms with Crippen LogP contribution < -0.4 is 4.74 Å². The molecule has 0 aliphatic rings. The Bertz CT molecular complexity index is 653. The minimum Gasteiger partial charge on any atom is -0.493 e. The van der Waals surface area contributed by atoms with Crippen molar-refractivity contribution in [1.82, 2.24) is 0 Å². The van der Waals surface area contributed by atoms with Gasteiger partial charge in [-0.3, -0.25) is 4.79 Å². The average molecular weight is 337 g/mol. The normalized spacial score (nSPS) is 10.4. The quantitative estimate of drug-likeness (QED) is 0.767. The summed E-state index contributed by atoms with van der Waals surface area (Å²) < 4.78 is 19.0. The Hall–Kier alpha value is -1.68. The number of aryl methyl sites for hydroxylation is 1. The fourth-order valence-electron chi connectivity index (χ4n) is 1.90. The molecule has 0 saturated carbocycles. The van der Waals surface area contributed by atoms with E-state index < -0.39 is 5.82 Å². The van der Waals surface area contributed by atoms with Gasteiger partial charge in [0.05, 0.1) is 16.6 Å². The summed E-state index contributed by atoms with van der Waals surface area (Å²) in [4.78, 5) is 12.5. The molecule has 0 bridgehead atoms. The Morgan fingerprint density at radius 3 is 2.65 bits per heavy atom. The van der Waals surface area contributed by atoms with Gasteiger partial charge >= 0.3 is 0 Å². The molecule has 2 rings (SSSR count). The van der Waals surface area contributed by atoms with E-state index in [4.69, 9.17) is 4.74 Å². The molecule has 2 aromatic rings. The third-order valence-electron chi connectivity index (χ3n) is 2.86. The van der Waals surface area contributed by atoms with Crippen LogP contribution in [0.1, 0.15) is 28.4 Å². The third kappa shape index (κ3) is 3.07. The molecule has 2 nitrogen and oxygen atoms in total. The summed E-state index contributed by atoms with van der Waals surface area (Å²) >= 11 is 3.09. The van der Waals surface area contributed by atoms with Crippen LogP contribution in [0.5, 0.6) is 5.75 Å². The lowest BCUT2D eigenvalue weighted by atomic mass is 10.0. The van der Waals surface area contributed by atoms with Crippen LogP contribution in [0.2, 0.25) is 0 Å². The molecule has 0 atom stereocenters. The van der Waals surface area contributed by atoms with Gasteiger partial charge in [-0.25, -0.2) is 4.39 Å². The second-order valence-corrected chi connectivity index (χ2v) is 5.24. The molecule has 20 heavy (non-hydrogen) atoms. The van der Waals surface area contributed by atoms with Crippen molar-refractivity contribution in [3.63, 3.8) is 0 Å². The zero-order valence-corrected chi connectivity index (χ0v) is 12.8. The molecule has 0 heterocycles. The number of carbonyl (C=O) groups excluding carboxylic acids is 1. The first-order chi connectivity index (χ1) is 9.52. The highest BCUT2D eigenvalue weighted by atomic mass is 79.9. The molecule has 0 aromatic heterocycles. The second kappa shape index (κ2) is 6.18. The SMILES string of the molecule is CCOc1ccc(C)cc1C(=O)c1ccc(F)c(Br)c1. The van der Waals surface area contributed by atoms with Crippen LogP contribution in [0.25, 0.3) is 0 Å². The molecule has 104 valence electrons. The van der Waals surface area contributed by atoms with E-state index in [0.29, 0.717) is 23.5 Å². The average Bonchev–Trinajstić information content (AvgIpc) is 2.43. The number of halogens is 2. The summed E-state index contributed by atoms with van der Waals surface area (Å²) in [6, 6.07) is 9.68. The number of ether oxygens (including phenoxy) is 1. The van der Waals surface area contributed by atoms with Gasteiger partial charge in [0.25, 0.3) is 0 Å². The van der Waals surface area contributed by atoms with Crippen molar-refractivity contribution < 1.29 is 13.9 Å². The van der Waals surface area contributed by atoms with Crippen LogP contribution in [0, 0.1) is 12.7 Å². The molecular formula is C16H14BrFO2. The van der Waals surface area contributed by atoms with E-state index in [2.05, 4.69) is 15.9 Å². The third-order valence-corrected chi connectivity index (χ3v) is 3.47. The monoisotopic (exact) mass is 336 g/mol. The van der Waals surface area contributed by atoms with Gasteiger partial charge in [0.1, 0.15) is 11.6 Å². The molecule has 0 spiro atoms. The van der Waals surface area contributed by atoms with Crippen molar-refractivity contribution in [2.75, 3.05) is 6.61 Å². The van der Waals surface area contributed by atoms with E-state index in [1.165, 1.54) is 18.2 Å². The number of hydrogen-bond donors (Lipinski definition) is 0. The Labute approximate surface area is 125 Å². The summed E-state index contributed by atoms with van der Waals surface area (Å²) in [5.41, 5.74) is 1.88. The maximum atomic E-state index is 13.2. The first kappa shape index (κ1) is 14.7. The van der Waals surface area contributed by atoms with E-state index in [0.717, 1.165) is 5.56 Å². The first-order valence-electron chi connectivity index (χ1n) is 6.26. The summed E-state index contributed by atoms with van der Waals surface area (Å²) in [5.74, 6) is -0.0304. The molecule has 0 amide bonds. The van der Waals surface area contributed by atoms with Gasteiger partial charge in [-0.15, -0.1) is 0 Å². The molecule has 0 aliphatic heterocycles. The zero-order chi connectivity index (χ0) is 14.7. The summed E-state index contributed by atoms with van der Waals surface area (Å²) in [7, 11) is 0. The van der Waals surface area contributed by atoms with Crippen molar-refractivity contribution in [3.8, 4) is 5.75 Å². The van der Waals surface area contributed by atoms with E-state index >= 15 is 0 Å². The van der Waals surface area contributed by atoms with Crippen molar-refractivity contribution in [3.05, 3.63) is 63.4 Å². The lowest BCUT2D eigenvalue weighted by Crippen LogP contribution is -2.06. The number of benzene rings is 2. The Morgan fingerprint density at radius 2 is 2.00 bits per heavy atom. The van der Waals surface area contributed by atoms with Crippen LogP contribution in [-0.4, -0.2) is 12.4 Å². The van der Waals surface area contributed by atoms with Crippen LogP contribution in [0.3, 0.4) is 0 Å². The predicted molar refractivity (Wildman–Crippen MR) is 79.9 cm³/mol. The Morgan fingerprint density at radius 1 is 1.25 bits per heavy atom. The maximum Gasteiger partial charge on any atom is 0.196 e. The lowest BCUT2D eigenvalue weighted by Gasteiger charge is -2.10. The van der Waals surface area contributed by atoms with Gasteiger partial charge in [0.15, 0.2) is 5.78 Å². The minimum absolute atomic E-state index is 0.183. The van der Waals surface area contributed by atoms with Crippen LogP contribution in [0.4, 0.5) is 4.39 Å². The highest BCUT2D eigenvalue weighted by molar-refractivity contribution is 9.10. The van der Waals surface area contributed by atoms with E-state index in [1.54, 1.807) is 12.1 Å². The smallest absolute Gasteiger partial charge is 0.196 e. The Balaban J connectivity index is 2.46. The van der Waals surface area contributed by atoms with Gasteiger partial charge in [-0.2, -0.15) is 0 Å². The molecule has 2 aromatic carbocycles. The second-order valence-electron chi connectivity index (χ2n) is 4.39. The molecule has 0 N–H and O–H groups in total. The topological polar surface area (TPSA) is 26.3 Å². The van der Waals surface area contributed by atoms with Gasteiger partial charge in [-0.05, 0) is 60.1 Å². The molecule has 0 aliphatic carbocycles. The number of hydrogen-bond acceptors (Lipinski definition) is 2. The lowest BCUT2D eigenvalue weighted by molar-refractivity contribution is 0.103. The van der Waals surface area contributed by atoms with E-state index in [9.17, 15) is 9.18 Å². The van der Waals surface area contributed by atoms with Gasteiger partial charge in [-0.1, -0.05) is 11.6 Å². The highest BCUT2D eigenvalue weighted by Crippen LogP contribution is 2.25. The van der Waals surface area contributed by atoms with Crippen LogP contribution in [-0.2, 0) is 0 Å². The summed E-state index contributed by atoms with van der Waals surface area (Å²) in [6.07, 6.45) is 0.